The smallest absolute Gasteiger partial charge is 0.244 e. The van der Waals surface area contributed by atoms with E-state index >= 15 is 0 Å². The maximum Gasteiger partial charge on any atom is 0.244 e. The van der Waals surface area contributed by atoms with Crippen molar-refractivity contribution in [2.45, 2.75) is 19.4 Å². The number of benzene rings is 3. The molecule has 1 aliphatic heterocycles. The Balaban J connectivity index is 1.79. The van der Waals surface area contributed by atoms with E-state index < -0.39 is 6.04 Å². The van der Waals surface area contributed by atoms with Gasteiger partial charge in [0.1, 0.15) is 12.4 Å². The van der Waals surface area contributed by atoms with Crippen LogP contribution in [0.2, 0.25) is 5.02 Å². The van der Waals surface area contributed by atoms with Gasteiger partial charge in [0.05, 0.1) is 12.5 Å². The molecule has 0 saturated heterocycles. The molecule has 1 heterocycles. The highest BCUT2D eigenvalue weighted by atomic mass is 35.5. The van der Waals surface area contributed by atoms with Crippen LogP contribution in [-0.4, -0.2) is 23.3 Å². The minimum absolute atomic E-state index is 0.112. The molecule has 0 aliphatic carbocycles. The molecule has 1 atom stereocenters. The Hall–Kier alpha value is -3.18. The van der Waals surface area contributed by atoms with Crippen molar-refractivity contribution < 1.29 is 14.0 Å². The van der Waals surface area contributed by atoms with E-state index in [0.29, 0.717) is 16.3 Å². The number of halogens is 2. The van der Waals surface area contributed by atoms with Crippen LogP contribution in [0.3, 0.4) is 0 Å². The molecule has 0 saturated carbocycles. The third kappa shape index (κ3) is 4.21. The lowest BCUT2D eigenvalue weighted by Crippen LogP contribution is -2.39. The number of anilines is 1. The summed E-state index contributed by atoms with van der Waals surface area (Å²) in [6, 6.07) is 18.3. The molecule has 0 radical (unpaired) electrons. The van der Waals surface area contributed by atoms with E-state index in [1.807, 2.05) is 31.2 Å². The van der Waals surface area contributed by atoms with Gasteiger partial charge < -0.3 is 10.2 Å². The van der Waals surface area contributed by atoms with Crippen LogP contribution in [-0.2, 0) is 16.0 Å². The molecule has 0 bridgehead atoms. The zero-order valence-corrected chi connectivity index (χ0v) is 17.1. The summed E-state index contributed by atoms with van der Waals surface area (Å²) in [5.74, 6) is -0.857. The zero-order valence-electron chi connectivity index (χ0n) is 16.4. The summed E-state index contributed by atoms with van der Waals surface area (Å²) in [4.78, 5) is 27.5. The van der Waals surface area contributed by atoms with Crippen molar-refractivity contribution in [3.05, 3.63) is 99.8 Å². The Morgan fingerprint density at radius 1 is 1.13 bits per heavy atom. The molecule has 3 aromatic rings. The SMILES string of the molecule is Cc1cccc(CC(=O)N2CC(=O)Nc3cc(Cl)ccc3C2c2ccc(F)cc2)c1. The standard InChI is InChI=1S/C24H20ClFN2O2/c1-15-3-2-4-16(11-15)12-23(30)28-14-22(29)27-21-13-18(25)7-10-20(21)24(28)17-5-8-19(26)9-6-17/h2-11,13,24H,12,14H2,1H3,(H,27,29). The van der Waals surface area contributed by atoms with E-state index in [9.17, 15) is 14.0 Å². The Morgan fingerprint density at radius 2 is 1.90 bits per heavy atom. The van der Waals surface area contributed by atoms with Crippen molar-refractivity contribution in [1.82, 2.24) is 4.90 Å². The lowest BCUT2D eigenvalue weighted by molar-refractivity contribution is -0.135. The van der Waals surface area contributed by atoms with Crippen molar-refractivity contribution in [2.24, 2.45) is 0 Å². The van der Waals surface area contributed by atoms with Gasteiger partial charge in [0.2, 0.25) is 11.8 Å². The van der Waals surface area contributed by atoms with Crippen molar-refractivity contribution in [3.63, 3.8) is 0 Å². The highest BCUT2D eigenvalue weighted by molar-refractivity contribution is 6.31. The molecule has 1 N–H and O–H groups in total. The van der Waals surface area contributed by atoms with Gasteiger partial charge in [-0.2, -0.15) is 0 Å². The number of nitrogens with one attached hydrogen (secondary N) is 1. The minimum Gasteiger partial charge on any atom is -0.324 e. The van der Waals surface area contributed by atoms with E-state index in [1.54, 1.807) is 35.2 Å². The van der Waals surface area contributed by atoms with Gasteiger partial charge in [0.25, 0.3) is 0 Å². The number of aryl methyl sites for hydroxylation is 1. The Bertz CT molecular complexity index is 1110. The number of carbonyl (C=O) groups is 2. The maximum absolute atomic E-state index is 13.6. The number of hydrogen-bond donors (Lipinski definition) is 1. The molecule has 4 rings (SSSR count). The van der Waals surface area contributed by atoms with Gasteiger partial charge in [0, 0.05) is 16.3 Å². The summed E-state index contributed by atoms with van der Waals surface area (Å²) in [5.41, 5.74) is 3.93. The van der Waals surface area contributed by atoms with Gasteiger partial charge in [0.15, 0.2) is 0 Å². The topological polar surface area (TPSA) is 49.4 Å². The quantitative estimate of drug-likeness (QED) is 0.652. The molecule has 1 unspecified atom stereocenters. The molecule has 6 heteroatoms. The first kappa shape index (κ1) is 20.1. The van der Waals surface area contributed by atoms with Crippen molar-refractivity contribution >= 4 is 29.1 Å². The molecular weight excluding hydrogens is 403 g/mol. The van der Waals surface area contributed by atoms with Gasteiger partial charge in [-0.05, 0) is 42.3 Å². The first-order valence-electron chi connectivity index (χ1n) is 9.60. The largest absolute Gasteiger partial charge is 0.324 e. The Labute approximate surface area is 179 Å². The van der Waals surface area contributed by atoms with Gasteiger partial charge >= 0.3 is 0 Å². The minimum atomic E-state index is -0.547. The van der Waals surface area contributed by atoms with Crippen LogP contribution >= 0.6 is 11.6 Å². The van der Waals surface area contributed by atoms with Crippen LogP contribution in [0.25, 0.3) is 0 Å². The molecule has 152 valence electrons. The number of amides is 2. The summed E-state index contributed by atoms with van der Waals surface area (Å²) >= 11 is 6.13. The van der Waals surface area contributed by atoms with Gasteiger partial charge in [-0.25, -0.2) is 4.39 Å². The molecule has 30 heavy (non-hydrogen) atoms. The molecule has 1 aliphatic rings. The first-order chi connectivity index (χ1) is 14.4. The summed E-state index contributed by atoms with van der Waals surface area (Å²) in [7, 11) is 0. The molecule has 0 fully saturated rings. The Morgan fingerprint density at radius 3 is 2.63 bits per heavy atom. The van der Waals surface area contributed by atoms with Crippen molar-refractivity contribution in [3.8, 4) is 0 Å². The van der Waals surface area contributed by atoms with E-state index in [4.69, 9.17) is 11.6 Å². The number of hydrogen-bond acceptors (Lipinski definition) is 2. The fourth-order valence-electron chi connectivity index (χ4n) is 3.81. The molecule has 3 aromatic carbocycles. The van der Waals surface area contributed by atoms with Crippen LogP contribution in [0.4, 0.5) is 10.1 Å². The third-order valence-electron chi connectivity index (χ3n) is 5.15. The normalized spacial score (nSPS) is 15.9. The Kier molecular flexibility index (Phi) is 5.55. The van der Waals surface area contributed by atoms with E-state index in [0.717, 1.165) is 16.7 Å². The van der Waals surface area contributed by atoms with Crippen molar-refractivity contribution in [1.29, 1.82) is 0 Å². The van der Waals surface area contributed by atoms with E-state index in [2.05, 4.69) is 5.32 Å². The predicted molar refractivity (Wildman–Crippen MR) is 115 cm³/mol. The van der Waals surface area contributed by atoms with E-state index in [1.165, 1.54) is 12.1 Å². The number of fused-ring (bicyclic) bond motifs is 1. The average Bonchev–Trinajstić information content (AvgIpc) is 2.84. The molecule has 2 amide bonds. The predicted octanol–water partition coefficient (Wildman–Crippen LogP) is 4.90. The summed E-state index contributed by atoms with van der Waals surface area (Å²) in [5, 5.41) is 3.32. The summed E-state index contributed by atoms with van der Waals surface area (Å²) in [6.07, 6.45) is 0.162. The summed E-state index contributed by atoms with van der Waals surface area (Å²) in [6.45, 7) is 1.85. The monoisotopic (exact) mass is 422 g/mol. The second-order valence-corrected chi connectivity index (χ2v) is 7.86. The second kappa shape index (κ2) is 8.28. The van der Waals surface area contributed by atoms with Crippen LogP contribution in [0.5, 0.6) is 0 Å². The van der Waals surface area contributed by atoms with Crippen LogP contribution in [0, 0.1) is 12.7 Å². The highest BCUT2D eigenvalue weighted by Gasteiger charge is 2.33. The van der Waals surface area contributed by atoms with Gasteiger partial charge in [-0.3, -0.25) is 9.59 Å². The number of carbonyl (C=O) groups excluding carboxylic acids is 2. The van der Waals surface area contributed by atoms with Crippen molar-refractivity contribution in [2.75, 3.05) is 11.9 Å². The maximum atomic E-state index is 13.6. The first-order valence-corrected chi connectivity index (χ1v) is 9.98. The van der Waals surface area contributed by atoms with Gasteiger partial charge in [-0.1, -0.05) is 59.6 Å². The number of nitrogens with zero attached hydrogens (tertiary/aromatic N) is 1. The lowest BCUT2D eigenvalue weighted by Gasteiger charge is -2.31. The fraction of sp³-hybridized carbons (Fsp3) is 0.167. The molecular formula is C24H20ClFN2O2. The summed E-state index contributed by atoms with van der Waals surface area (Å²) < 4.78 is 13.6. The molecule has 0 spiro atoms. The second-order valence-electron chi connectivity index (χ2n) is 7.42. The van der Waals surface area contributed by atoms with E-state index in [-0.39, 0.29) is 30.6 Å². The van der Waals surface area contributed by atoms with Crippen LogP contribution < -0.4 is 5.32 Å². The van der Waals surface area contributed by atoms with Crippen LogP contribution in [0.1, 0.15) is 28.3 Å². The number of rotatable bonds is 3. The lowest BCUT2D eigenvalue weighted by atomic mass is 9.95. The molecule has 4 nitrogen and oxygen atoms in total. The molecule has 0 aromatic heterocycles. The zero-order chi connectivity index (χ0) is 21.3. The fourth-order valence-corrected chi connectivity index (χ4v) is 3.99. The highest BCUT2D eigenvalue weighted by Crippen LogP contribution is 2.37. The average molecular weight is 423 g/mol. The van der Waals surface area contributed by atoms with Gasteiger partial charge in [-0.15, -0.1) is 0 Å². The third-order valence-corrected chi connectivity index (χ3v) is 5.39. The van der Waals surface area contributed by atoms with Crippen LogP contribution in [0.15, 0.2) is 66.7 Å².